The fourth-order valence-electron chi connectivity index (χ4n) is 3.09. The Morgan fingerprint density at radius 2 is 1.73 bits per heavy atom. The van der Waals surface area contributed by atoms with Crippen LogP contribution in [0.3, 0.4) is 0 Å². The van der Waals surface area contributed by atoms with Crippen LogP contribution in [0.2, 0.25) is 0 Å². The summed E-state index contributed by atoms with van der Waals surface area (Å²) in [5, 5.41) is 5.71. The first-order chi connectivity index (χ1) is 14.5. The van der Waals surface area contributed by atoms with E-state index in [1.54, 1.807) is 24.3 Å². The van der Waals surface area contributed by atoms with E-state index >= 15 is 0 Å². The molecule has 0 saturated carbocycles. The fraction of sp³-hybridized carbons (Fsp3) is 0.200. The van der Waals surface area contributed by atoms with Gasteiger partial charge in [0, 0.05) is 17.7 Å². The highest BCUT2D eigenvalue weighted by Crippen LogP contribution is 2.11. The van der Waals surface area contributed by atoms with E-state index in [4.69, 9.17) is 4.42 Å². The van der Waals surface area contributed by atoms with Gasteiger partial charge >= 0.3 is 0 Å². The molecular formula is C25H26N2O3. The number of rotatable bonds is 8. The summed E-state index contributed by atoms with van der Waals surface area (Å²) in [5.74, 6) is -0.200. The number of aryl methyl sites for hydroxylation is 2. The second-order valence-corrected chi connectivity index (χ2v) is 7.24. The Balaban J connectivity index is 1.69. The third-order valence-corrected chi connectivity index (χ3v) is 4.80. The lowest BCUT2D eigenvalue weighted by Gasteiger charge is -2.16. The Hall–Kier alpha value is -3.60. The van der Waals surface area contributed by atoms with Crippen LogP contribution >= 0.6 is 0 Å². The summed E-state index contributed by atoms with van der Waals surface area (Å²) in [5.41, 5.74) is 2.72. The standard InChI is InChI=1S/C25H26N2O3/c1-18-9-6-7-13-22(18)24(28)27-23(17-21-12-8-16-30-21)25(29)26-19(2)14-15-20-10-4-3-5-11-20/h3-13,16-17,19H,14-15H2,1-2H3,(H,26,29)(H,27,28)/b23-17-. The predicted molar refractivity (Wildman–Crippen MR) is 118 cm³/mol. The van der Waals surface area contributed by atoms with E-state index in [2.05, 4.69) is 22.8 Å². The van der Waals surface area contributed by atoms with Crippen molar-refractivity contribution in [2.24, 2.45) is 0 Å². The van der Waals surface area contributed by atoms with Gasteiger partial charge in [-0.25, -0.2) is 0 Å². The van der Waals surface area contributed by atoms with Gasteiger partial charge in [-0.15, -0.1) is 0 Å². The summed E-state index contributed by atoms with van der Waals surface area (Å²) in [6.07, 6.45) is 4.70. The molecule has 2 amide bonds. The third-order valence-electron chi connectivity index (χ3n) is 4.80. The monoisotopic (exact) mass is 402 g/mol. The summed E-state index contributed by atoms with van der Waals surface area (Å²) in [7, 11) is 0. The molecule has 3 aromatic rings. The minimum Gasteiger partial charge on any atom is -0.465 e. The summed E-state index contributed by atoms with van der Waals surface area (Å²) in [6, 6.07) is 20.8. The highest BCUT2D eigenvalue weighted by Gasteiger charge is 2.18. The zero-order valence-corrected chi connectivity index (χ0v) is 17.2. The molecule has 0 saturated heterocycles. The number of carbonyl (C=O) groups excluding carboxylic acids is 2. The zero-order valence-electron chi connectivity index (χ0n) is 17.2. The van der Waals surface area contributed by atoms with Crippen molar-refractivity contribution in [1.82, 2.24) is 10.6 Å². The van der Waals surface area contributed by atoms with E-state index in [1.165, 1.54) is 17.9 Å². The number of nitrogens with one attached hydrogen (secondary N) is 2. The van der Waals surface area contributed by atoms with Crippen LogP contribution in [0.25, 0.3) is 6.08 Å². The first-order valence-corrected chi connectivity index (χ1v) is 10.00. The van der Waals surface area contributed by atoms with E-state index < -0.39 is 0 Å². The SMILES string of the molecule is Cc1ccccc1C(=O)N/C(=C\c1ccco1)C(=O)NC(C)CCc1ccccc1. The molecular weight excluding hydrogens is 376 g/mol. The molecule has 5 heteroatoms. The lowest BCUT2D eigenvalue weighted by Crippen LogP contribution is -2.39. The van der Waals surface area contributed by atoms with Gasteiger partial charge < -0.3 is 15.1 Å². The highest BCUT2D eigenvalue weighted by atomic mass is 16.3. The maximum Gasteiger partial charge on any atom is 0.268 e. The molecule has 5 nitrogen and oxygen atoms in total. The van der Waals surface area contributed by atoms with Gasteiger partial charge in [0.15, 0.2) is 0 Å². The van der Waals surface area contributed by atoms with Gasteiger partial charge in [-0.2, -0.15) is 0 Å². The molecule has 2 N–H and O–H groups in total. The van der Waals surface area contributed by atoms with Crippen LogP contribution in [-0.2, 0) is 11.2 Å². The van der Waals surface area contributed by atoms with Crippen molar-refractivity contribution in [3.05, 3.63) is 101 Å². The first kappa shape index (κ1) is 21.1. The molecule has 2 aromatic carbocycles. The molecule has 1 aromatic heterocycles. The van der Waals surface area contributed by atoms with Crippen molar-refractivity contribution in [2.75, 3.05) is 0 Å². The van der Waals surface area contributed by atoms with Crippen LogP contribution in [0.1, 0.15) is 40.6 Å². The minimum absolute atomic E-state index is 0.0620. The summed E-state index contributed by atoms with van der Waals surface area (Å²) < 4.78 is 5.33. The molecule has 0 fully saturated rings. The van der Waals surface area contributed by atoms with Crippen LogP contribution < -0.4 is 10.6 Å². The second-order valence-electron chi connectivity index (χ2n) is 7.24. The molecule has 0 bridgehead atoms. The lowest BCUT2D eigenvalue weighted by molar-refractivity contribution is -0.118. The van der Waals surface area contributed by atoms with Crippen molar-refractivity contribution in [3.63, 3.8) is 0 Å². The normalized spacial score (nSPS) is 12.3. The molecule has 154 valence electrons. The third kappa shape index (κ3) is 5.95. The number of hydrogen-bond donors (Lipinski definition) is 2. The lowest BCUT2D eigenvalue weighted by atomic mass is 10.1. The number of benzene rings is 2. The maximum atomic E-state index is 12.9. The molecule has 1 heterocycles. The predicted octanol–water partition coefficient (Wildman–Crippen LogP) is 4.50. The van der Waals surface area contributed by atoms with Gasteiger partial charge in [-0.3, -0.25) is 9.59 Å². The van der Waals surface area contributed by atoms with Crippen molar-refractivity contribution >= 4 is 17.9 Å². The maximum absolute atomic E-state index is 12.9. The van der Waals surface area contributed by atoms with Gasteiger partial charge in [0.05, 0.1) is 6.26 Å². The largest absolute Gasteiger partial charge is 0.465 e. The quantitative estimate of drug-likeness (QED) is 0.545. The molecule has 0 spiro atoms. The zero-order chi connectivity index (χ0) is 21.3. The topological polar surface area (TPSA) is 71.3 Å². The smallest absolute Gasteiger partial charge is 0.268 e. The van der Waals surface area contributed by atoms with Crippen molar-refractivity contribution in [3.8, 4) is 0 Å². The van der Waals surface area contributed by atoms with Crippen molar-refractivity contribution in [2.45, 2.75) is 32.7 Å². The van der Waals surface area contributed by atoms with Crippen molar-refractivity contribution in [1.29, 1.82) is 0 Å². The van der Waals surface area contributed by atoms with E-state index in [9.17, 15) is 9.59 Å². The Morgan fingerprint density at radius 3 is 2.43 bits per heavy atom. The van der Waals surface area contributed by atoms with Gasteiger partial charge in [0.2, 0.25) is 0 Å². The molecule has 0 aliphatic carbocycles. The van der Waals surface area contributed by atoms with E-state index in [1.807, 2.05) is 44.2 Å². The summed E-state index contributed by atoms with van der Waals surface area (Å²) >= 11 is 0. The molecule has 30 heavy (non-hydrogen) atoms. The highest BCUT2D eigenvalue weighted by molar-refractivity contribution is 6.05. The average molecular weight is 402 g/mol. The Morgan fingerprint density at radius 1 is 1.00 bits per heavy atom. The first-order valence-electron chi connectivity index (χ1n) is 10.00. The number of furan rings is 1. The fourth-order valence-corrected chi connectivity index (χ4v) is 3.09. The second kappa shape index (κ2) is 10.3. The van der Waals surface area contributed by atoms with Gasteiger partial charge in [-0.05, 0) is 56.0 Å². The van der Waals surface area contributed by atoms with Gasteiger partial charge in [0.1, 0.15) is 11.5 Å². The van der Waals surface area contributed by atoms with Crippen molar-refractivity contribution < 1.29 is 14.0 Å². The molecule has 0 aliphatic heterocycles. The number of amides is 2. The van der Waals surface area contributed by atoms with E-state index in [0.717, 1.165) is 18.4 Å². The molecule has 3 rings (SSSR count). The summed E-state index contributed by atoms with van der Waals surface area (Å²) in [6.45, 7) is 3.81. The van der Waals surface area contributed by atoms with Crippen LogP contribution in [0.15, 0.2) is 83.1 Å². The van der Waals surface area contributed by atoms with E-state index in [0.29, 0.717) is 11.3 Å². The Kier molecular flexibility index (Phi) is 7.22. The van der Waals surface area contributed by atoms with Crippen LogP contribution in [-0.4, -0.2) is 17.9 Å². The molecule has 1 unspecified atom stereocenters. The van der Waals surface area contributed by atoms with Gasteiger partial charge in [0.25, 0.3) is 11.8 Å². The molecule has 1 atom stereocenters. The minimum atomic E-state index is -0.353. The summed E-state index contributed by atoms with van der Waals surface area (Å²) in [4.78, 5) is 25.6. The molecule has 0 aliphatic rings. The van der Waals surface area contributed by atoms with Crippen LogP contribution in [0, 0.1) is 6.92 Å². The van der Waals surface area contributed by atoms with Crippen LogP contribution in [0.5, 0.6) is 0 Å². The van der Waals surface area contributed by atoms with E-state index in [-0.39, 0.29) is 23.6 Å². The molecule has 0 radical (unpaired) electrons. The Bertz CT molecular complexity index is 1010. The van der Waals surface area contributed by atoms with Crippen LogP contribution in [0.4, 0.5) is 0 Å². The average Bonchev–Trinajstić information content (AvgIpc) is 3.26. The number of carbonyl (C=O) groups is 2. The Labute approximate surface area is 176 Å². The number of hydrogen-bond acceptors (Lipinski definition) is 3. The van der Waals surface area contributed by atoms with Gasteiger partial charge in [-0.1, -0.05) is 48.5 Å².